The molecule has 0 atom stereocenters. The highest BCUT2D eigenvalue weighted by atomic mass is 16.5. The summed E-state index contributed by atoms with van der Waals surface area (Å²) in [5, 5.41) is 8.64. The Morgan fingerprint density at radius 1 is 1.20 bits per heavy atom. The Morgan fingerprint density at radius 2 is 2.00 bits per heavy atom. The van der Waals surface area contributed by atoms with Crippen molar-refractivity contribution in [2.24, 2.45) is 0 Å². The van der Waals surface area contributed by atoms with E-state index in [1.165, 1.54) is 0 Å². The molecule has 4 nitrogen and oxygen atoms in total. The van der Waals surface area contributed by atoms with Crippen molar-refractivity contribution < 1.29 is 4.74 Å². The molecule has 100 valence electrons. The maximum atomic E-state index is 8.64. The van der Waals surface area contributed by atoms with E-state index in [0.29, 0.717) is 19.7 Å². The number of nitrogens with zero attached hydrogens (tertiary/aromatic N) is 3. The Bertz CT molecular complexity index is 598. The summed E-state index contributed by atoms with van der Waals surface area (Å²) in [6, 6.07) is 12.3. The van der Waals surface area contributed by atoms with Gasteiger partial charge < -0.3 is 9.64 Å². The first kappa shape index (κ1) is 12.6. The topological polar surface area (TPSA) is 49.2 Å². The van der Waals surface area contributed by atoms with Gasteiger partial charge in [0.1, 0.15) is 0 Å². The van der Waals surface area contributed by atoms with E-state index in [-0.39, 0.29) is 6.10 Å². The third-order valence-electron chi connectivity index (χ3n) is 3.42. The molecule has 0 N–H and O–H groups in total. The monoisotopic (exact) mass is 265 g/mol. The molecule has 1 saturated heterocycles. The van der Waals surface area contributed by atoms with E-state index in [2.05, 4.69) is 35.4 Å². The second-order valence-corrected chi connectivity index (χ2v) is 4.88. The number of benzene rings is 1. The zero-order chi connectivity index (χ0) is 13.8. The first-order valence-corrected chi connectivity index (χ1v) is 6.61. The summed E-state index contributed by atoms with van der Waals surface area (Å²) in [7, 11) is 0. The van der Waals surface area contributed by atoms with Crippen molar-refractivity contribution >= 4 is 0 Å². The number of aromatic nitrogens is 1. The number of rotatable bonds is 4. The fourth-order valence-electron chi connectivity index (χ4n) is 2.17. The first-order valence-electron chi connectivity index (χ1n) is 6.61. The van der Waals surface area contributed by atoms with E-state index in [9.17, 15) is 0 Å². The molecular weight excluding hydrogens is 250 g/mol. The maximum Gasteiger partial charge on any atom is 0.179 e. The van der Waals surface area contributed by atoms with Crippen molar-refractivity contribution in [3.8, 4) is 17.3 Å². The molecule has 0 unspecified atom stereocenters. The van der Waals surface area contributed by atoms with E-state index in [1.54, 1.807) is 11.1 Å². The van der Waals surface area contributed by atoms with Crippen molar-refractivity contribution in [3.63, 3.8) is 0 Å². The zero-order valence-corrected chi connectivity index (χ0v) is 11.1. The number of likely N-dealkylation sites (tertiary alicyclic amines) is 1. The molecule has 0 amide bonds. The van der Waals surface area contributed by atoms with Crippen molar-refractivity contribution in [1.82, 2.24) is 9.88 Å². The molecule has 2 heterocycles. The van der Waals surface area contributed by atoms with Crippen LogP contribution in [0, 0.1) is 11.5 Å². The Balaban J connectivity index is 1.56. The second-order valence-electron chi connectivity index (χ2n) is 4.88. The van der Waals surface area contributed by atoms with Gasteiger partial charge in [-0.2, -0.15) is 5.26 Å². The van der Waals surface area contributed by atoms with Gasteiger partial charge in [-0.3, -0.25) is 4.98 Å². The molecular formula is C16H15N3O. The standard InChI is InChI=1S/C16H15N3O/c17-12-19-9-16(10-19)20-11-13-3-5-14(6-4-13)15-2-1-7-18-8-15/h1-8,16H,9-11H2. The van der Waals surface area contributed by atoms with Crippen LogP contribution in [0.2, 0.25) is 0 Å². The number of hydrogen-bond donors (Lipinski definition) is 0. The lowest BCUT2D eigenvalue weighted by atomic mass is 10.1. The van der Waals surface area contributed by atoms with Crippen molar-refractivity contribution in [2.45, 2.75) is 12.7 Å². The van der Waals surface area contributed by atoms with Crippen molar-refractivity contribution in [2.75, 3.05) is 13.1 Å². The molecule has 1 fully saturated rings. The minimum absolute atomic E-state index is 0.188. The van der Waals surface area contributed by atoms with E-state index >= 15 is 0 Å². The molecule has 3 rings (SSSR count). The third-order valence-corrected chi connectivity index (χ3v) is 3.42. The summed E-state index contributed by atoms with van der Waals surface area (Å²) in [5.74, 6) is 0. The summed E-state index contributed by atoms with van der Waals surface area (Å²) < 4.78 is 5.74. The van der Waals surface area contributed by atoms with Gasteiger partial charge >= 0.3 is 0 Å². The highest BCUT2D eigenvalue weighted by molar-refractivity contribution is 5.62. The normalized spacial score (nSPS) is 14.7. The van der Waals surface area contributed by atoms with E-state index < -0.39 is 0 Å². The van der Waals surface area contributed by atoms with Gasteiger partial charge in [0.15, 0.2) is 6.19 Å². The van der Waals surface area contributed by atoms with Crippen LogP contribution < -0.4 is 0 Å². The van der Waals surface area contributed by atoms with Crippen molar-refractivity contribution in [1.29, 1.82) is 5.26 Å². The third kappa shape index (κ3) is 2.79. The van der Waals surface area contributed by atoms with Crippen LogP contribution >= 0.6 is 0 Å². The molecule has 0 aliphatic carbocycles. The second kappa shape index (κ2) is 5.72. The molecule has 1 aromatic carbocycles. The fourth-order valence-corrected chi connectivity index (χ4v) is 2.17. The van der Waals surface area contributed by atoms with E-state index in [4.69, 9.17) is 10.00 Å². The Labute approximate surface area is 118 Å². The number of hydrogen-bond acceptors (Lipinski definition) is 4. The Morgan fingerprint density at radius 3 is 2.65 bits per heavy atom. The van der Waals surface area contributed by atoms with Gasteiger partial charge in [0.2, 0.25) is 0 Å². The highest BCUT2D eigenvalue weighted by Gasteiger charge is 2.26. The lowest BCUT2D eigenvalue weighted by Gasteiger charge is -2.34. The Hall–Kier alpha value is -2.38. The van der Waals surface area contributed by atoms with Crippen LogP contribution in [0.3, 0.4) is 0 Å². The summed E-state index contributed by atoms with van der Waals surface area (Å²) in [6.07, 6.45) is 5.92. The summed E-state index contributed by atoms with van der Waals surface area (Å²) in [6.45, 7) is 2.02. The largest absolute Gasteiger partial charge is 0.370 e. The molecule has 20 heavy (non-hydrogen) atoms. The molecule has 0 radical (unpaired) electrons. The van der Waals surface area contributed by atoms with Crippen LogP contribution in [0.25, 0.3) is 11.1 Å². The quantitative estimate of drug-likeness (QED) is 0.797. The zero-order valence-electron chi connectivity index (χ0n) is 11.1. The number of pyridine rings is 1. The minimum Gasteiger partial charge on any atom is -0.370 e. The van der Waals surface area contributed by atoms with Crippen LogP contribution in [-0.2, 0) is 11.3 Å². The number of ether oxygens (including phenoxy) is 1. The number of nitriles is 1. The minimum atomic E-state index is 0.188. The molecule has 0 spiro atoms. The lowest BCUT2D eigenvalue weighted by Crippen LogP contribution is -2.49. The predicted molar refractivity (Wildman–Crippen MR) is 75.4 cm³/mol. The van der Waals surface area contributed by atoms with E-state index in [1.807, 2.05) is 18.3 Å². The lowest BCUT2D eigenvalue weighted by molar-refractivity contribution is -0.0400. The van der Waals surface area contributed by atoms with Gasteiger partial charge in [-0.15, -0.1) is 0 Å². The van der Waals surface area contributed by atoms with Gasteiger partial charge in [0, 0.05) is 12.4 Å². The van der Waals surface area contributed by atoms with E-state index in [0.717, 1.165) is 16.7 Å². The van der Waals surface area contributed by atoms with Crippen molar-refractivity contribution in [3.05, 3.63) is 54.4 Å². The summed E-state index contributed by atoms with van der Waals surface area (Å²) in [4.78, 5) is 5.81. The van der Waals surface area contributed by atoms with Gasteiger partial charge in [0.05, 0.1) is 25.8 Å². The van der Waals surface area contributed by atoms with Crippen LogP contribution in [-0.4, -0.2) is 29.1 Å². The Kier molecular flexibility index (Phi) is 3.62. The molecule has 1 aliphatic heterocycles. The molecule has 4 heteroatoms. The van der Waals surface area contributed by atoms with Gasteiger partial charge in [-0.05, 0) is 22.8 Å². The first-order chi connectivity index (χ1) is 9.85. The predicted octanol–water partition coefficient (Wildman–Crippen LogP) is 2.43. The van der Waals surface area contributed by atoms with Gasteiger partial charge in [0.25, 0.3) is 0 Å². The highest BCUT2D eigenvalue weighted by Crippen LogP contribution is 2.19. The maximum absolute atomic E-state index is 8.64. The van der Waals surface area contributed by atoms with Crippen LogP contribution in [0.4, 0.5) is 0 Å². The average Bonchev–Trinajstić information content (AvgIpc) is 2.47. The molecule has 1 aromatic heterocycles. The molecule has 0 saturated carbocycles. The molecule has 0 bridgehead atoms. The smallest absolute Gasteiger partial charge is 0.179 e. The van der Waals surface area contributed by atoms with Gasteiger partial charge in [-0.25, -0.2) is 0 Å². The fraction of sp³-hybridized carbons (Fsp3) is 0.250. The van der Waals surface area contributed by atoms with Crippen LogP contribution in [0.1, 0.15) is 5.56 Å². The summed E-state index contributed by atoms with van der Waals surface area (Å²) >= 11 is 0. The summed E-state index contributed by atoms with van der Waals surface area (Å²) in [5.41, 5.74) is 3.41. The average molecular weight is 265 g/mol. The SMILES string of the molecule is N#CN1CC(OCc2ccc(-c3cccnc3)cc2)C1. The molecule has 2 aromatic rings. The molecule has 1 aliphatic rings. The van der Waals surface area contributed by atoms with Crippen LogP contribution in [0.5, 0.6) is 0 Å². The van der Waals surface area contributed by atoms with Gasteiger partial charge in [-0.1, -0.05) is 30.3 Å². The van der Waals surface area contributed by atoms with Crippen LogP contribution in [0.15, 0.2) is 48.8 Å².